The summed E-state index contributed by atoms with van der Waals surface area (Å²) in [5, 5.41) is 10.5. The molecule has 0 aliphatic rings. The van der Waals surface area contributed by atoms with Gasteiger partial charge in [0.25, 0.3) is 0 Å². The minimum atomic E-state index is -4.62. The van der Waals surface area contributed by atoms with E-state index in [4.69, 9.17) is 10.8 Å². The van der Waals surface area contributed by atoms with Crippen LogP contribution in [0, 0.1) is 0 Å². The molecule has 0 spiro atoms. The first kappa shape index (κ1) is 11.0. The van der Waals surface area contributed by atoms with Crippen LogP contribution in [0.15, 0.2) is 4.99 Å². The number of aliphatic imine (C=N–C) groups is 1. The number of nitrogens with one attached hydrogen (secondary N) is 1. The van der Waals surface area contributed by atoms with E-state index < -0.39 is 18.8 Å². The number of hydrogen-bond acceptors (Lipinski definition) is 2. The molecule has 7 heteroatoms. The van der Waals surface area contributed by atoms with Gasteiger partial charge in [-0.1, -0.05) is 0 Å². The Morgan fingerprint density at radius 3 is 2.50 bits per heavy atom. The Kier molecular flexibility index (Phi) is 3.81. The fourth-order valence-corrected chi connectivity index (χ4v) is 0.396. The number of aliphatic hydroxyl groups is 1. The number of hydrogen-bond donors (Lipinski definition) is 3. The van der Waals surface area contributed by atoms with Gasteiger partial charge >= 0.3 is 6.18 Å². The predicted octanol–water partition coefficient (Wildman–Crippen LogP) is -0.556. The molecule has 72 valence electrons. The fourth-order valence-electron chi connectivity index (χ4n) is 0.396. The van der Waals surface area contributed by atoms with Crippen LogP contribution in [0.2, 0.25) is 0 Å². The normalized spacial score (nSPS) is 15.9. The lowest BCUT2D eigenvalue weighted by Gasteiger charge is -2.14. The van der Waals surface area contributed by atoms with E-state index in [9.17, 15) is 13.2 Å². The lowest BCUT2D eigenvalue weighted by atomic mass is 10.3. The van der Waals surface area contributed by atoms with E-state index in [0.29, 0.717) is 0 Å². The maximum Gasteiger partial charge on any atom is 0.416 e. The molecule has 0 bridgehead atoms. The monoisotopic (exact) mass is 185 g/mol. The summed E-state index contributed by atoms with van der Waals surface area (Å²) in [5.41, 5.74) is 5.02. The van der Waals surface area contributed by atoms with Crippen molar-refractivity contribution >= 4 is 5.96 Å². The number of aliphatic hydroxyl groups excluding tert-OH is 1. The van der Waals surface area contributed by atoms with E-state index in [-0.39, 0.29) is 5.96 Å². The second-order valence-electron chi connectivity index (χ2n) is 2.05. The summed E-state index contributed by atoms with van der Waals surface area (Å²) in [5.74, 6) is -0.140. The summed E-state index contributed by atoms with van der Waals surface area (Å²) in [6, 6.07) is 0. The smallest absolute Gasteiger partial charge is 0.382 e. The summed E-state index contributed by atoms with van der Waals surface area (Å²) in [6.45, 7) is -0.688. The zero-order valence-corrected chi connectivity index (χ0v) is 6.39. The molecular weight excluding hydrogens is 175 g/mol. The summed E-state index contributed by atoms with van der Waals surface area (Å²) < 4.78 is 34.9. The van der Waals surface area contributed by atoms with Gasteiger partial charge in [-0.2, -0.15) is 13.2 Å². The van der Waals surface area contributed by atoms with Crippen LogP contribution in [-0.2, 0) is 0 Å². The first-order valence-corrected chi connectivity index (χ1v) is 3.09. The molecule has 0 saturated heterocycles. The van der Waals surface area contributed by atoms with Crippen molar-refractivity contribution < 1.29 is 18.3 Å². The quantitative estimate of drug-likeness (QED) is 0.399. The maximum atomic E-state index is 11.6. The number of rotatable bonds is 2. The summed E-state index contributed by atoms with van der Waals surface area (Å²) in [4.78, 5) is 3.35. The third kappa shape index (κ3) is 4.02. The third-order valence-electron chi connectivity index (χ3n) is 1.10. The highest BCUT2D eigenvalue weighted by Gasteiger charge is 2.37. The Bertz CT molecular complexity index is 168. The molecule has 0 amide bonds. The highest BCUT2D eigenvalue weighted by atomic mass is 19.4. The number of nitrogens with two attached hydrogens (primary N) is 1. The second-order valence-corrected chi connectivity index (χ2v) is 2.05. The van der Waals surface area contributed by atoms with Crippen LogP contribution in [-0.4, -0.2) is 36.9 Å². The molecule has 4 N–H and O–H groups in total. The number of halogens is 3. The van der Waals surface area contributed by atoms with E-state index in [0.717, 1.165) is 0 Å². The fraction of sp³-hybridized carbons (Fsp3) is 0.800. The van der Waals surface area contributed by atoms with Crippen molar-refractivity contribution in [1.29, 1.82) is 0 Å². The van der Waals surface area contributed by atoms with Gasteiger partial charge in [-0.05, 0) is 0 Å². The molecule has 0 aromatic heterocycles. The van der Waals surface area contributed by atoms with E-state index in [1.807, 2.05) is 0 Å². The first-order valence-electron chi connectivity index (χ1n) is 3.09. The molecule has 0 aromatic rings. The van der Waals surface area contributed by atoms with E-state index in [2.05, 4.69) is 10.3 Å². The minimum Gasteiger partial charge on any atom is -0.382 e. The van der Waals surface area contributed by atoms with Crippen LogP contribution in [0.5, 0.6) is 0 Å². The van der Waals surface area contributed by atoms with Crippen molar-refractivity contribution in [1.82, 2.24) is 5.32 Å². The van der Waals surface area contributed by atoms with Gasteiger partial charge in [-0.25, -0.2) is 0 Å². The molecule has 0 radical (unpaired) electrons. The highest BCUT2D eigenvalue weighted by molar-refractivity contribution is 5.77. The number of guanidine groups is 1. The maximum absolute atomic E-state index is 11.6. The summed E-state index contributed by atoms with van der Waals surface area (Å²) in [7, 11) is 1.32. The SMILES string of the molecule is CN=C(N)NCC(O)C(F)(F)F. The molecule has 4 nitrogen and oxygen atoms in total. The lowest BCUT2D eigenvalue weighted by Crippen LogP contribution is -2.43. The molecular formula is C5H10F3N3O. The zero-order chi connectivity index (χ0) is 9.78. The van der Waals surface area contributed by atoms with E-state index >= 15 is 0 Å². The summed E-state index contributed by atoms with van der Waals surface area (Å²) in [6.07, 6.45) is -7.04. The molecule has 0 saturated carbocycles. The van der Waals surface area contributed by atoms with Crippen LogP contribution in [0.3, 0.4) is 0 Å². The van der Waals surface area contributed by atoms with Gasteiger partial charge in [0.1, 0.15) is 0 Å². The Hall–Kier alpha value is -0.980. The molecule has 0 fully saturated rings. The standard InChI is InChI=1S/C5H10F3N3O/c1-10-4(9)11-2-3(12)5(6,7)8/h3,12H,2H2,1H3,(H3,9,10,11). The zero-order valence-electron chi connectivity index (χ0n) is 6.39. The highest BCUT2D eigenvalue weighted by Crippen LogP contribution is 2.18. The van der Waals surface area contributed by atoms with Crippen LogP contribution >= 0.6 is 0 Å². The average molecular weight is 185 g/mol. The summed E-state index contributed by atoms with van der Waals surface area (Å²) >= 11 is 0. The molecule has 0 heterocycles. The predicted molar refractivity (Wildman–Crippen MR) is 37.6 cm³/mol. The molecule has 1 unspecified atom stereocenters. The lowest BCUT2D eigenvalue weighted by molar-refractivity contribution is -0.201. The van der Waals surface area contributed by atoms with Crippen molar-refractivity contribution in [3.8, 4) is 0 Å². The molecule has 1 atom stereocenters. The van der Waals surface area contributed by atoms with E-state index in [1.165, 1.54) is 7.05 Å². The molecule has 12 heavy (non-hydrogen) atoms. The van der Waals surface area contributed by atoms with Crippen LogP contribution in [0.1, 0.15) is 0 Å². The van der Waals surface area contributed by atoms with Crippen molar-refractivity contribution in [2.45, 2.75) is 12.3 Å². The number of nitrogens with zero attached hydrogens (tertiary/aromatic N) is 1. The Morgan fingerprint density at radius 2 is 2.17 bits per heavy atom. The van der Waals surface area contributed by atoms with Crippen molar-refractivity contribution in [2.75, 3.05) is 13.6 Å². The van der Waals surface area contributed by atoms with Crippen molar-refractivity contribution in [3.05, 3.63) is 0 Å². The van der Waals surface area contributed by atoms with E-state index in [1.54, 1.807) is 0 Å². The van der Waals surface area contributed by atoms with Gasteiger partial charge in [0, 0.05) is 7.05 Å². The van der Waals surface area contributed by atoms with Gasteiger partial charge < -0.3 is 16.2 Å². The van der Waals surface area contributed by atoms with Gasteiger partial charge in [0.2, 0.25) is 0 Å². The number of alkyl halides is 3. The molecule has 0 rings (SSSR count). The first-order chi connectivity index (χ1) is 5.38. The topological polar surface area (TPSA) is 70.6 Å². The van der Waals surface area contributed by atoms with Crippen molar-refractivity contribution in [2.24, 2.45) is 10.7 Å². The van der Waals surface area contributed by atoms with Crippen LogP contribution < -0.4 is 11.1 Å². The largest absolute Gasteiger partial charge is 0.416 e. The van der Waals surface area contributed by atoms with Gasteiger partial charge in [0.05, 0.1) is 6.54 Å². The van der Waals surface area contributed by atoms with Gasteiger partial charge in [0.15, 0.2) is 12.1 Å². The Labute approximate surface area is 67.3 Å². The molecule has 0 aliphatic carbocycles. The van der Waals surface area contributed by atoms with Gasteiger partial charge in [-0.3, -0.25) is 4.99 Å². The Morgan fingerprint density at radius 1 is 1.67 bits per heavy atom. The van der Waals surface area contributed by atoms with Crippen LogP contribution in [0.4, 0.5) is 13.2 Å². The van der Waals surface area contributed by atoms with Crippen molar-refractivity contribution in [3.63, 3.8) is 0 Å². The average Bonchev–Trinajstić information content (AvgIpc) is 1.97. The Balaban J connectivity index is 3.80. The molecule has 0 aliphatic heterocycles. The van der Waals surface area contributed by atoms with Gasteiger partial charge in [-0.15, -0.1) is 0 Å². The molecule has 0 aromatic carbocycles. The minimum absolute atomic E-state index is 0.140. The third-order valence-corrected chi connectivity index (χ3v) is 1.10. The second kappa shape index (κ2) is 4.15. The van der Waals surface area contributed by atoms with Crippen LogP contribution in [0.25, 0.3) is 0 Å².